The first kappa shape index (κ1) is 17.7. The predicted molar refractivity (Wildman–Crippen MR) is 94.4 cm³/mol. The van der Waals surface area contributed by atoms with Gasteiger partial charge in [0.05, 0.1) is 10.6 Å². The molecular formula is C15H9ClF2N4OS2. The molecule has 3 rings (SSSR count). The monoisotopic (exact) mass is 398 g/mol. The maximum absolute atomic E-state index is 12.6. The average Bonchev–Trinajstić information content (AvgIpc) is 3.03. The molecule has 0 radical (unpaired) electrons. The lowest BCUT2D eigenvalue weighted by Gasteiger charge is -2.06. The van der Waals surface area contributed by atoms with Crippen molar-refractivity contribution in [3.05, 3.63) is 53.2 Å². The molecular weight excluding hydrogens is 390 g/mol. The van der Waals surface area contributed by atoms with Crippen molar-refractivity contribution in [3.8, 4) is 10.6 Å². The molecule has 10 heteroatoms. The molecule has 0 saturated carbocycles. The van der Waals surface area contributed by atoms with Crippen LogP contribution in [0.1, 0.15) is 10.4 Å². The molecule has 0 saturated heterocycles. The van der Waals surface area contributed by atoms with Crippen molar-refractivity contribution < 1.29 is 13.6 Å². The number of nitrogens with zero attached hydrogens (tertiary/aromatic N) is 3. The first-order valence-corrected chi connectivity index (χ1v) is 8.91. The van der Waals surface area contributed by atoms with Crippen molar-refractivity contribution in [2.75, 3.05) is 5.32 Å². The second-order valence-electron chi connectivity index (χ2n) is 4.58. The topological polar surface area (TPSA) is 67.8 Å². The van der Waals surface area contributed by atoms with Gasteiger partial charge in [0, 0.05) is 11.8 Å². The highest BCUT2D eigenvalue weighted by Gasteiger charge is 2.18. The SMILES string of the molecule is O=C(Nc1nnc(-c2ccccc2Cl)s1)c1cccnc1SC(F)F. The standard InChI is InChI=1S/C15H9ClF2N4OS2/c16-10-6-2-1-4-8(10)13-21-22-15(25-13)20-11(23)9-5-3-7-19-12(9)24-14(17)18/h1-7,14H,(H,20,22,23). The summed E-state index contributed by atoms with van der Waals surface area (Å²) in [4.78, 5) is 16.2. The van der Waals surface area contributed by atoms with Crippen molar-refractivity contribution in [3.63, 3.8) is 0 Å². The summed E-state index contributed by atoms with van der Waals surface area (Å²) < 4.78 is 25.2. The molecule has 0 aliphatic heterocycles. The first-order chi connectivity index (χ1) is 12.0. The Morgan fingerprint density at radius 3 is 2.76 bits per heavy atom. The van der Waals surface area contributed by atoms with E-state index >= 15 is 0 Å². The number of amides is 1. The van der Waals surface area contributed by atoms with Crippen molar-refractivity contribution in [1.82, 2.24) is 15.2 Å². The Balaban J connectivity index is 1.80. The number of benzene rings is 1. The number of halogens is 3. The molecule has 1 N–H and O–H groups in total. The number of aromatic nitrogens is 3. The lowest BCUT2D eigenvalue weighted by molar-refractivity contribution is 0.102. The third-order valence-electron chi connectivity index (χ3n) is 2.97. The summed E-state index contributed by atoms with van der Waals surface area (Å²) in [5.41, 5.74) is 0.736. The lowest BCUT2D eigenvalue weighted by atomic mass is 10.2. The molecule has 0 aliphatic rings. The van der Waals surface area contributed by atoms with Gasteiger partial charge in [-0.2, -0.15) is 8.78 Å². The second-order valence-corrected chi connectivity index (χ2v) is 6.94. The van der Waals surface area contributed by atoms with E-state index in [0.717, 1.165) is 11.3 Å². The molecule has 2 aromatic heterocycles. The zero-order valence-corrected chi connectivity index (χ0v) is 14.7. The lowest BCUT2D eigenvalue weighted by Crippen LogP contribution is -2.13. The van der Waals surface area contributed by atoms with Crippen LogP contribution in [-0.2, 0) is 0 Å². The van der Waals surface area contributed by atoms with Gasteiger partial charge in [-0.15, -0.1) is 10.2 Å². The quantitative estimate of drug-likeness (QED) is 0.624. The number of hydrogen-bond acceptors (Lipinski definition) is 6. The summed E-state index contributed by atoms with van der Waals surface area (Å²) in [5.74, 6) is -3.26. The summed E-state index contributed by atoms with van der Waals surface area (Å²) in [5, 5.41) is 11.7. The van der Waals surface area contributed by atoms with E-state index < -0.39 is 11.7 Å². The number of pyridine rings is 1. The van der Waals surface area contributed by atoms with Crippen LogP contribution in [0.25, 0.3) is 10.6 Å². The molecule has 25 heavy (non-hydrogen) atoms. The highest BCUT2D eigenvalue weighted by Crippen LogP contribution is 2.32. The van der Waals surface area contributed by atoms with Gasteiger partial charge >= 0.3 is 0 Å². The Morgan fingerprint density at radius 2 is 2.00 bits per heavy atom. The third-order valence-corrected chi connectivity index (χ3v) is 4.89. The zero-order chi connectivity index (χ0) is 17.8. The fourth-order valence-corrected chi connectivity index (χ4v) is 3.56. The molecule has 3 aromatic rings. The molecule has 1 amide bonds. The van der Waals surface area contributed by atoms with Crippen LogP contribution in [0, 0.1) is 0 Å². The smallest absolute Gasteiger partial charge is 0.290 e. The van der Waals surface area contributed by atoms with Gasteiger partial charge in [0.1, 0.15) is 5.03 Å². The molecule has 0 spiro atoms. The minimum atomic E-state index is -2.67. The van der Waals surface area contributed by atoms with Crippen LogP contribution in [0.4, 0.5) is 13.9 Å². The van der Waals surface area contributed by atoms with E-state index in [1.54, 1.807) is 18.2 Å². The van der Waals surface area contributed by atoms with Gasteiger partial charge in [0.2, 0.25) is 5.13 Å². The maximum atomic E-state index is 12.6. The van der Waals surface area contributed by atoms with E-state index in [0.29, 0.717) is 15.6 Å². The molecule has 128 valence electrons. The largest absolute Gasteiger partial charge is 0.296 e. The third kappa shape index (κ3) is 4.30. The van der Waals surface area contributed by atoms with Crippen LogP contribution in [0.2, 0.25) is 5.02 Å². The van der Waals surface area contributed by atoms with Crippen LogP contribution in [-0.4, -0.2) is 26.8 Å². The normalized spacial score (nSPS) is 10.9. The van der Waals surface area contributed by atoms with E-state index in [-0.39, 0.29) is 27.5 Å². The average molecular weight is 399 g/mol. The number of carbonyl (C=O) groups excluding carboxylic acids is 1. The van der Waals surface area contributed by atoms with Gasteiger partial charge in [-0.1, -0.05) is 41.1 Å². The number of alkyl halides is 2. The van der Waals surface area contributed by atoms with Crippen LogP contribution in [0.3, 0.4) is 0 Å². The number of thioether (sulfide) groups is 1. The van der Waals surface area contributed by atoms with Crippen LogP contribution < -0.4 is 5.32 Å². The molecule has 0 aliphatic carbocycles. The summed E-state index contributed by atoms with van der Waals surface area (Å²) in [6.07, 6.45) is 1.35. The summed E-state index contributed by atoms with van der Waals surface area (Å²) in [6, 6.07) is 10.0. The van der Waals surface area contributed by atoms with Gasteiger partial charge in [-0.25, -0.2) is 4.98 Å². The number of carbonyl (C=O) groups is 1. The Kier molecular flexibility index (Phi) is 5.57. The number of anilines is 1. The molecule has 5 nitrogen and oxygen atoms in total. The van der Waals surface area contributed by atoms with Gasteiger partial charge in [0.15, 0.2) is 5.01 Å². The van der Waals surface area contributed by atoms with Crippen molar-refractivity contribution in [1.29, 1.82) is 0 Å². The highest BCUT2D eigenvalue weighted by atomic mass is 35.5. The Hall–Kier alpha value is -2.10. The fraction of sp³-hybridized carbons (Fsp3) is 0.0667. The molecule has 0 atom stereocenters. The van der Waals surface area contributed by atoms with Gasteiger partial charge < -0.3 is 0 Å². The van der Waals surface area contributed by atoms with Crippen molar-refractivity contribution >= 4 is 45.7 Å². The van der Waals surface area contributed by atoms with E-state index in [4.69, 9.17) is 11.6 Å². The first-order valence-electron chi connectivity index (χ1n) is 6.84. The van der Waals surface area contributed by atoms with Crippen LogP contribution in [0.15, 0.2) is 47.6 Å². The summed E-state index contributed by atoms with van der Waals surface area (Å²) >= 11 is 7.45. The Labute approximate surface area is 154 Å². The fourth-order valence-electron chi connectivity index (χ4n) is 1.92. The van der Waals surface area contributed by atoms with E-state index in [1.165, 1.54) is 18.3 Å². The van der Waals surface area contributed by atoms with Gasteiger partial charge in [-0.3, -0.25) is 10.1 Å². The number of rotatable bonds is 5. The highest BCUT2D eigenvalue weighted by molar-refractivity contribution is 7.99. The molecule has 0 bridgehead atoms. The Bertz CT molecular complexity index is 906. The molecule has 2 heterocycles. The number of hydrogen-bond donors (Lipinski definition) is 1. The second kappa shape index (κ2) is 7.85. The predicted octanol–water partition coefficient (Wildman–Crippen LogP) is 4.82. The maximum Gasteiger partial charge on any atom is 0.290 e. The van der Waals surface area contributed by atoms with Crippen LogP contribution in [0.5, 0.6) is 0 Å². The molecule has 1 aromatic carbocycles. The Morgan fingerprint density at radius 1 is 1.20 bits per heavy atom. The zero-order valence-electron chi connectivity index (χ0n) is 12.3. The van der Waals surface area contributed by atoms with E-state index in [1.807, 2.05) is 6.07 Å². The van der Waals surface area contributed by atoms with E-state index in [2.05, 4.69) is 20.5 Å². The molecule has 0 fully saturated rings. The minimum absolute atomic E-state index is 0.0438. The van der Waals surface area contributed by atoms with E-state index in [9.17, 15) is 13.6 Å². The minimum Gasteiger partial charge on any atom is -0.296 e. The van der Waals surface area contributed by atoms with Crippen molar-refractivity contribution in [2.45, 2.75) is 10.8 Å². The number of nitrogens with one attached hydrogen (secondary N) is 1. The molecule has 0 unspecified atom stereocenters. The van der Waals surface area contributed by atoms with Crippen LogP contribution >= 0.6 is 34.7 Å². The van der Waals surface area contributed by atoms with Gasteiger partial charge in [0.25, 0.3) is 11.7 Å². The summed E-state index contributed by atoms with van der Waals surface area (Å²) in [7, 11) is 0. The van der Waals surface area contributed by atoms with Gasteiger partial charge in [-0.05, 0) is 30.0 Å². The van der Waals surface area contributed by atoms with Crippen molar-refractivity contribution in [2.24, 2.45) is 0 Å². The summed E-state index contributed by atoms with van der Waals surface area (Å²) in [6.45, 7) is 0.